The zero-order valence-electron chi connectivity index (χ0n) is 15.6. The third-order valence-electron chi connectivity index (χ3n) is 4.52. The van der Waals surface area contributed by atoms with Crippen LogP contribution < -0.4 is 10.4 Å². The van der Waals surface area contributed by atoms with Gasteiger partial charge in [0, 0.05) is 27.2 Å². The minimum atomic E-state index is -3.69. The number of fused-ring (bicyclic) bond motifs is 1. The Morgan fingerprint density at radius 2 is 1.59 bits per heavy atom. The van der Waals surface area contributed by atoms with Gasteiger partial charge < -0.3 is 4.74 Å². The van der Waals surface area contributed by atoms with Crippen LogP contribution in [0.4, 0.5) is 0 Å². The van der Waals surface area contributed by atoms with Crippen LogP contribution in [-0.4, -0.2) is 24.2 Å². The number of nitrogens with one attached hydrogen (secondary N) is 1. The summed E-state index contributed by atoms with van der Waals surface area (Å²) in [5.74, 6) is 0. The predicted octanol–water partition coefficient (Wildman–Crippen LogP) is 1.89. The van der Waals surface area contributed by atoms with Crippen molar-refractivity contribution in [1.82, 2.24) is 13.9 Å². The fourth-order valence-electron chi connectivity index (χ4n) is 2.89. The number of aryl methyl sites for hydroxylation is 2. The van der Waals surface area contributed by atoms with Crippen LogP contribution in [0.2, 0.25) is 0 Å². The monoisotopic (exact) mass is 389 g/mol. The Morgan fingerprint density at radius 1 is 0.963 bits per heavy atom. The van der Waals surface area contributed by atoms with Gasteiger partial charge in [-0.2, -0.15) is 0 Å². The summed E-state index contributed by atoms with van der Waals surface area (Å²) in [7, 11) is -0.412. The first-order valence-electron chi connectivity index (χ1n) is 8.64. The number of aromatic nitrogens is 2. The minimum absolute atomic E-state index is 0.129. The summed E-state index contributed by atoms with van der Waals surface area (Å²) in [5.41, 5.74) is 2.96. The van der Waals surface area contributed by atoms with E-state index in [-0.39, 0.29) is 17.1 Å². The van der Waals surface area contributed by atoms with Crippen molar-refractivity contribution in [2.24, 2.45) is 14.1 Å². The summed E-state index contributed by atoms with van der Waals surface area (Å²) in [6, 6.07) is 12.3. The van der Waals surface area contributed by atoms with Gasteiger partial charge in [0.1, 0.15) is 0 Å². The Bertz CT molecular complexity index is 1110. The van der Waals surface area contributed by atoms with Crippen LogP contribution in [-0.2, 0) is 42.0 Å². The predicted molar refractivity (Wildman–Crippen MR) is 104 cm³/mol. The first-order valence-corrected chi connectivity index (χ1v) is 10.1. The first kappa shape index (κ1) is 19.3. The molecule has 3 rings (SSSR count). The molecule has 0 amide bonds. The Balaban J connectivity index is 1.77. The SMILES string of the molecule is CCOCc1ccc(CNS(=O)(=O)c2ccc3c(c2)n(C)c(=O)n3C)cc1. The molecule has 3 aromatic rings. The zero-order valence-corrected chi connectivity index (χ0v) is 16.4. The van der Waals surface area contributed by atoms with Gasteiger partial charge in [0.05, 0.1) is 22.5 Å². The number of benzene rings is 2. The lowest BCUT2D eigenvalue weighted by Gasteiger charge is -2.08. The maximum absolute atomic E-state index is 12.6. The minimum Gasteiger partial charge on any atom is -0.377 e. The summed E-state index contributed by atoms with van der Waals surface area (Å²) < 4.78 is 36.2. The molecule has 0 aliphatic heterocycles. The molecule has 0 atom stereocenters. The smallest absolute Gasteiger partial charge is 0.328 e. The van der Waals surface area contributed by atoms with Gasteiger partial charge in [0.15, 0.2) is 0 Å². The quantitative estimate of drug-likeness (QED) is 0.669. The van der Waals surface area contributed by atoms with Crippen LogP contribution in [0, 0.1) is 0 Å². The lowest BCUT2D eigenvalue weighted by Crippen LogP contribution is -2.23. The second-order valence-electron chi connectivity index (χ2n) is 6.33. The van der Waals surface area contributed by atoms with E-state index < -0.39 is 10.0 Å². The molecule has 0 saturated heterocycles. The van der Waals surface area contributed by atoms with Crippen LogP contribution in [0.1, 0.15) is 18.1 Å². The fraction of sp³-hybridized carbons (Fsp3) is 0.316. The molecular weight excluding hydrogens is 366 g/mol. The van der Waals surface area contributed by atoms with Gasteiger partial charge in [-0.1, -0.05) is 24.3 Å². The molecule has 1 N–H and O–H groups in total. The van der Waals surface area contributed by atoms with Gasteiger partial charge in [0.2, 0.25) is 10.0 Å². The van der Waals surface area contributed by atoms with E-state index in [1.165, 1.54) is 21.3 Å². The van der Waals surface area contributed by atoms with Gasteiger partial charge >= 0.3 is 5.69 Å². The summed E-state index contributed by atoms with van der Waals surface area (Å²) >= 11 is 0. The standard InChI is InChI=1S/C19H23N3O4S/c1-4-26-13-15-7-5-14(6-8-15)12-20-27(24,25)16-9-10-17-18(11-16)22(3)19(23)21(17)2/h5-11,20H,4,12-13H2,1-3H3. The van der Waals surface area contributed by atoms with Crippen molar-refractivity contribution in [3.05, 3.63) is 64.1 Å². The van der Waals surface area contributed by atoms with Crippen molar-refractivity contribution in [2.75, 3.05) is 6.61 Å². The van der Waals surface area contributed by atoms with Crippen molar-refractivity contribution >= 4 is 21.1 Å². The molecule has 0 aliphatic rings. The van der Waals surface area contributed by atoms with E-state index in [9.17, 15) is 13.2 Å². The molecule has 27 heavy (non-hydrogen) atoms. The van der Waals surface area contributed by atoms with Crippen LogP contribution >= 0.6 is 0 Å². The van der Waals surface area contributed by atoms with Crippen LogP contribution in [0.3, 0.4) is 0 Å². The first-order chi connectivity index (χ1) is 12.8. The number of nitrogens with zero attached hydrogens (tertiary/aromatic N) is 2. The molecule has 1 aromatic heterocycles. The van der Waals surface area contributed by atoms with Crippen molar-refractivity contribution in [3.8, 4) is 0 Å². The molecule has 1 heterocycles. The Hall–Kier alpha value is -2.42. The van der Waals surface area contributed by atoms with E-state index in [2.05, 4.69) is 4.72 Å². The highest BCUT2D eigenvalue weighted by molar-refractivity contribution is 7.89. The van der Waals surface area contributed by atoms with Crippen molar-refractivity contribution in [1.29, 1.82) is 0 Å². The molecule has 0 unspecified atom stereocenters. The van der Waals surface area contributed by atoms with E-state index in [1.54, 1.807) is 20.2 Å². The maximum Gasteiger partial charge on any atom is 0.328 e. The number of imidazole rings is 1. The third-order valence-corrected chi connectivity index (χ3v) is 5.91. The molecule has 0 fully saturated rings. The van der Waals surface area contributed by atoms with Gasteiger partial charge in [-0.25, -0.2) is 17.9 Å². The molecule has 2 aromatic carbocycles. The van der Waals surface area contributed by atoms with Crippen LogP contribution in [0.25, 0.3) is 11.0 Å². The second kappa shape index (κ2) is 7.67. The van der Waals surface area contributed by atoms with Crippen molar-refractivity contribution in [3.63, 3.8) is 0 Å². The molecule has 0 spiro atoms. The lowest BCUT2D eigenvalue weighted by atomic mass is 10.1. The van der Waals surface area contributed by atoms with E-state index in [0.717, 1.165) is 11.1 Å². The summed E-state index contributed by atoms with van der Waals surface area (Å²) in [6.45, 7) is 3.31. The number of rotatable bonds is 7. The van der Waals surface area contributed by atoms with Gasteiger partial charge in [-0.15, -0.1) is 0 Å². The molecule has 0 saturated carbocycles. The summed E-state index contributed by atoms with van der Waals surface area (Å²) in [4.78, 5) is 12.1. The molecule has 7 nitrogen and oxygen atoms in total. The highest BCUT2D eigenvalue weighted by Gasteiger charge is 2.17. The molecular formula is C19H23N3O4S. The normalized spacial score (nSPS) is 12.0. The average Bonchev–Trinajstić information content (AvgIpc) is 2.89. The highest BCUT2D eigenvalue weighted by Crippen LogP contribution is 2.18. The average molecular weight is 389 g/mol. The fourth-order valence-corrected chi connectivity index (χ4v) is 3.93. The van der Waals surface area contributed by atoms with Crippen molar-refractivity contribution < 1.29 is 13.2 Å². The van der Waals surface area contributed by atoms with Gasteiger partial charge in [0.25, 0.3) is 0 Å². The van der Waals surface area contributed by atoms with Crippen LogP contribution in [0.5, 0.6) is 0 Å². The molecule has 0 aliphatic carbocycles. The number of hydrogen-bond donors (Lipinski definition) is 1. The van der Waals surface area contributed by atoms with Gasteiger partial charge in [-0.3, -0.25) is 9.13 Å². The number of hydrogen-bond acceptors (Lipinski definition) is 4. The summed E-state index contributed by atoms with van der Waals surface area (Å²) in [6.07, 6.45) is 0. The zero-order chi connectivity index (χ0) is 19.6. The Labute approximate surface area is 158 Å². The van der Waals surface area contributed by atoms with Crippen LogP contribution in [0.15, 0.2) is 52.2 Å². The number of sulfonamides is 1. The third kappa shape index (κ3) is 3.97. The molecule has 8 heteroatoms. The lowest BCUT2D eigenvalue weighted by molar-refractivity contribution is 0.134. The van der Waals surface area contributed by atoms with E-state index in [0.29, 0.717) is 24.2 Å². The van der Waals surface area contributed by atoms with E-state index in [4.69, 9.17) is 4.74 Å². The highest BCUT2D eigenvalue weighted by atomic mass is 32.2. The largest absolute Gasteiger partial charge is 0.377 e. The topological polar surface area (TPSA) is 82.3 Å². The molecule has 144 valence electrons. The Kier molecular flexibility index (Phi) is 5.50. The summed E-state index contributed by atoms with van der Waals surface area (Å²) in [5, 5.41) is 0. The second-order valence-corrected chi connectivity index (χ2v) is 8.10. The molecule has 0 bridgehead atoms. The van der Waals surface area contributed by atoms with E-state index >= 15 is 0 Å². The van der Waals surface area contributed by atoms with E-state index in [1.807, 2.05) is 31.2 Å². The van der Waals surface area contributed by atoms with Crippen molar-refractivity contribution in [2.45, 2.75) is 25.0 Å². The van der Waals surface area contributed by atoms with Gasteiger partial charge in [-0.05, 0) is 36.2 Å². The number of ether oxygens (including phenoxy) is 1. The maximum atomic E-state index is 12.6. The molecule has 0 radical (unpaired) electrons. The Morgan fingerprint density at radius 3 is 2.26 bits per heavy atom.